The third-order valence-corrected chi connectivity index (χ3v) is 3.71. The molecule has 0 bridgehead atoms. The maximum absolute atomic E-state index is 11.6. The van der Waals surface area contributed by atoms with Gasteiger partial charge in [-0.1, -0.05) is 0 Å². The van der Waals surface area contributed by atoms with E-state index in [0.717, 1.165) is 0 Å². The molecular weight excluding hydrogens is 258 g/mol. The van der Waals surface area contributed by atoms with Crippen LogP contribution in [0.25, 0.3) is 0 Å². The highest BCUT2D eigenvalue weighted by Crippen LogP contribution is 2.21. The van der Waals surface area contributed by atoms with E-state index < -0.39 is 15.8 Å². The van der Waals surface area contributed by atoms with Crippen molar-refractivity contribution in [1.82, 2.24) is 4.72 Å². The number of rotatable bonds is 7. The Bertz CT molecular complexity index is 352. The zero-order valence-corrected chi connectivity index (χ0v) is 12.2. The lowest BCUT2D eigenvalue weighted by molar-refractivity contribution is -0.137. The second-order valence-corrected chi connectivity index (χ2v) is 6.96. The molecule has 1 atom stereocenters. The number of hydrogen-bond donors (Lipinski definition) is 1. The number of nitrogens with one attached hydrogen (secondary N) is 1. The van der Waals surface area contributed by atoms with Gasteiger partial charge in [-0.3, -0.25) is 0 Å². The maximum atomic E-state index is 11.6. The highest BCUT2D eigenvalue weighted by Gasteiger charge is 2.33. The van der Waals surface area contributed by atoms with E-state index in [4.69, 9.17) is 14.2 Å². The third kappa shape index (κ3) is 6.10. The average molecular weight is 281 g/mol. The molecule has 0 amide bonds. The van der Waals surface area contributed by atoms with Crippen molar-refractivity contribution in [2.75, 3.05) is 25.5 Å². The molecule has 1 aliphatic heterocycles. The Morgan fingerprint density at radius 1 is 1.44 bits per heavy atom. The van der Waals surface area contributed by atoms with Gasteiger partial charge in [0.2, 0.25) is 10.0 Å². The molecule has 0 aromatic rings. The molecule has 1 fully saturated rings. The molecule has 1 rings (SSSR count). The molecule has 1 heterocycles. The van der Waals surface area contributed by atoms with Crippen LogP contribution in [0.1, 0.15) is 27.7 Å². The van der Waals surface area contributed by atoms with Crippen molar-refractivity contribution in [2.45, 2.75) is 45.7 Å². The molecule has 1 unspecified atom stereocenters. The average Bonchev–Trinajstić information content (AvgIpc) is 2.55. The van der Waals surface area contributed by atoms with E-state index in [1.807, 2.05) is 13.8 Å². The topological polar surface area (TPSA) is 73.9 Å². The summed E-state index contributed by atoms with van der Waals surface area (Å²) in [4.78, 5) is 0. The largest absolute Gasteiger partial charge is 0.378 e. The maximum Gasteiger partial charge on any atom is 0.213 e. The van der Waals surface area contributed by atoms with Gasteiger partial charge in [0.1, 0.15) is 0 Å². The van der Waals surface area contributed by atoms with E-state index in [1.54, 1.807) is 13.8 Å². The van der Waals surface area contributed by atoms with E-state index in [2.05, 4.69) is 4.72 Å². The second kappa shape index (κ2) is 6.29. The molecule has 0 aliphatic carbocycles. The molecular formula is C11H23NO5S. The summed E-state index contributed by atoms with van der Waals surface area (Å²) in [6.07, 6.45) is -0.201. The molecule has 1 aliphatic rings. The van der Waals surface area contributed by atoms with Crippen molar-refractivity contribution in [3.8, 4) is 0 Å². The Morgan fingerprint density at radius 2 is 2.11 bits per heavy atom. The van der Waals surface area contributed by atoms with Gasteiger partial charge >= 0.3 is 0 Å². The summed E-state index contributed by atoms with van der Waals surface area (Å²) >= 11 is 0. The van der Waals surface area contributed by atoms with Crippen LogP contribution in [0.5, 0.6) is 0 Å². The van der Waals surface area contributed by atoms with Crippen molar-refractivity contribution in [3.05, 3.63) is 0 Å². The predicted molar refractivity (Wildman–Crippen MR) is 67.8 cm³/mol. The molecule has 7 heteroatoms. The zero-order valence-electron chi connectivity index (χ0n) is 11.4. The van der Waals surface area contributed by atoms with E-state index in [-0.39, 0.29) is 31.1 Å². The number of ether oxygens (including phenoxy) is 3. The van der Waals surface area contributed by atoms with Gasteiger partial charge < -0.3 is 14.2 Å². The molecule has 108 valence electrons. The van der Waals surface area contributed by atoms with Crippen LogP contribution in [0.15, 0.2) is 0 Å². The fourth-order valence-corrected chi connectivity index (χ4v) is 2.45. The first-order chi connectivity index (χ1) is 8.20. The standard InChI is InChI=1S/C11H23NO5S/c1-9(2)15-5-6-18(13,14)12-7-10-8-16-11(3,4)17-10/h9-10,12H,5-8H2,1-4H3. The second-order valence-electron chi connectivity index (χ2n) is 5.04. The molecule has 0 aromatic carbocycles. The Hall–Kier alpha value is -0.210. The molecule has 1 N–H and O–H groups in total. The molecule has 0 aromatic heterocycles. The lowest BCUT2D eigenvalue weighted by Crippen LogP contribution is -2.36. The van der Waals surface area contributed by atoms with E-state index in [9.17, 15) is 8.42 Å². The summed E-state index contributed by atoms with van der Waals surface area (Å²) in [5, 5.41) is 0. The summed E-state index contributed by atoms with van der Waals surface area (Å²) in [6, 6.07) is 0. The van der Waals surface area contributed by atoms with Gasteiger partial charge in [-0.25, -0.2) is 13.1 Å². The molecule has 6 nitrogen and oxygen atoms in total. The molecule has 0 radical (unpaired) electrons. The Balaban J connectivity index is 2.25. The van der Waals surface area contributed by atoms with Crippen molar-refractivity contribution >= 4 is 10.0 Å². The van der Waals surface area contributed by atoms with Crippen LogP contribution in [-0.4, -0.2) is 51.9 Å². The summed E-state index contributed by atoms with van der Waals surface area (Å²) in [7, 11) is -3.31. The van der Waals surface area contributed by atoms with Crippen LogP contribution in [0.2, 0.25) is 0 Å². The fourth-order valence-electron chi connectivity index (χ4n) is 1.55. The van der Waals surface area contributed by atoms with Crippen LogP contribution >= 0.6 is 0 Å². The monoisotopic (exact) mass is 281 g/mol. The first-order valence-corrected chi connectivity index (χ1v) is 7.76. The first-order valence-electron chi connectivity index (χ1n) is 6.11. The Labute approximate surface area is 109 Å². The van der Waals surface area contributed by atoms with Gasteiger partial charge in [0.25, 0.3) is 0 Å². The number of hydrogen-bond acceptors (Lipinski definition) is 5. The summed E-state index contributed by atoms with van der Waals surface area (Å²) in [6.45, 7) is 8.17. The van der Waals surface area contributed by atoms with Gasteiger partial charge in [0, 0.05) is 6.54 Å². The molecule has 1 saturated heterocycles. The van der Waals surface area contributed by atoms with Crippen LogP contribution in [-0.2, 0) is 24.2 Å². The third-order valence-electron chi connectivity index (χ3n) is 2.40. The summed E-state index contributed by atoms with van der Waals surface area (Å²) in [5.41, 5.74) is 0. The molecule has 18 heavy (non-hydrogen) atoms. The van der Waals surface area contributed by atoms with E-state index >= 15 is 0 Å². The molecule has 0 saturated carbocycles. The Morgan fingerprint density at radius 3 is 2.61 bits per heavy atom. The van der Waals surface area contributed by atoms with Gasteiger partial charge in [-0.15, -0.1) is 0 Å². The lowest BCUT2D eigenvalue weighted by Gasteiger charge is -2.17. The number of sulfonamides is 1. The minimum Gasteiger partial charge on any atom is -0.378 e. The highest BCUT2D eigenvalue weighted by molar-refractivity contribution is 7.89. The quantitative estimate of drug-likeness (QED) is 0.735. The van der Waals surface area contributed by atoms with Crippen molar-refractivity contribution in [1.29, 1.82) is 0 Å². The van der Waals surface area contributed by atoms with Crippen LogP contribution in [0.3, 0.4) is 0 Å². The smallest absolute Gasteiger partial charge is 0.213 e. The van der Waals surface area contributed by atoms with Crippen LogP contribution in [0.4, 0.5) is 0 Å². The normalized spacial score (nSPS) is 23.7. The Kier molecular flexibility index (Phi) is 5.54. The van der Waals surface area contributed by atoms with E-state index in [0.29, 0.717) is 6.61 Å². The SMILES string of the molecule is CC(C)OCCS(=O)(=O)NCC1COC(C)(C)O1. The van der Waals surface area contributed by atoms with Crippen LogP contribution in [0, 0.1) is 0 Å². The van der Waals surface area contributed by atoms with Crippen molar-refractivity contribution in [3.63, 3.8) is 0 Å². The highest BCUT2D eigenvalue weighted by atomic mass is 32.2. The summed E-state index contributed by atoms with van der Waals surface area (Å²) < 4.78 is 41.8. The van der Waals surface area contributed by atoms with Gasteiger partial charge in [-0.05, 0) is 27.7 Å². The minimum absolute atomic E-state index is 0.0348. The van der Waals surface area contributed by atoms with Gasteiger partial charge in [0.05, 0.1) is 31.2 Å². The lowest BCUT2D eigenvalue weighted by atomic mass is 10.4. The fraction of sp³-hybridized carbons (Fsp3) is 1.00. The van der Waals surface area contributed by atoms with Gasteiger partial charge in [-0.2, -0.15) is 0 Å². The van der Waals surface area contributed by atoms with Crippen LogP contribution < -0.4 is 4.72 Å². The van der Waals surface area contributed by atoms with Crippen molar-refractivity contribution in [2.24, 2.45) is 0 Å². The van der Waals surface area contributed by atoms with Crippen molar-refractivity contribution < 1.29 is 22.6 Å². The zero-order chi connectivity index (χ0) is 13.8. The van der Waals surface area contributed by atoms with Gasteiger partial charge in [0.15, 0.2) is 5.79 Å². The molecule has 0 spiro atoms. The predicted octanol–water partition coefficient (Wildman–Crippen LogP) is 0.482. The first kappa shape index (κ1) is 15.8. The van der Waals surface area contributed by atoms with E-state index in [1.165, 1.54) is 0 Å². The minimum atomic E-state index is -3.31. The summed E-state index contributed by atoms with van der Waals surface area (Å²) in [5.74, 6) is -0.668.